The molecule has 29 heavy (non-hydrogen) atoms. The molecule has 0 radical (unpaired) electrons. The standard InChI is InChI=1S/C25H36O4/c1-15(2)10-18-11-16(3)25(29-18)9-8-23(4)12-19-22(20(27)13-24(19,5)28)17(14-26)6-7-21(23)25/h6,10,14,16,18-19,21-22,28H,7-9,11-13H2,1-5H3/t16-,18-,19+,21+,22-,23+,24+,25-/m0/s1. The topological polar surface area (TPSA) is 63.6 Å². The van der Waals surface area contributed by atoms with Crippen LogP contribution < -0.4 is 0 Å². The van der Waals surface area contributed by atoms with E-state index in [0.717, 1.165) is 38.4 Å². The summed E-state index contributed by atoms with van der Waals surface area (Å²) in [4.78, 5) is 24.6. The van der Waals surface area contributed by atoms with E-state index in [4.69, 9.17) is 4.74 Å². The molecule has 0 aromatic rings. The Balaban J connectivity index is 1.74. The molecule has 0 aromatic carbocycles. The van der Waals surface area contributed by atoms with Gasteiger partial charge in [-0.3, -0.25) is 9.59 Å². The van der Waals surface area contributed by atoms with E-state index in [9.17, 15) is 14.7 Å². The highest BCUT2D eigenvalue weighted by molar-refractivity contribution is 5.94. The largest absolute Gasteiger partial charge is 0.389 e. The van der Waals surface area contributed by atoms with Gasteiger partial charge in [-0.15, -0.1) is 0 Å². The zero-order valence-corrected chi connectivity index (χ0v) is 18.5. The second kappa shape index (κ2) is 6.88. The lowest BCUT2D eigenvalue weighted by Gasteiger charge is -2.45. The van der Waals surface area contributed by atoms with E-state index >= 15 is 0 Å². The minimum absolute atomic E-state index is 0.00341. The van der Waals surface area contributed by atoms with E-state index in [1.165, 1.54) is 5.57 Å². The summed E-state index contributed by atoms with van der Waals surface area (Å²) >= 11 is 0. The summed E-state index contributed by atoms with van der Waals surface area (Å²) in [6, 6.07) is 0. The maximum absolute atomic E-state index is 12.7. The lowest BCUT2D eigenvalue weighted by atomic mass is 9.62. The molecule has 1 saturated heterocycles. The Hall–Kier alpha value is -1.26. The van der Waals surface area contributed by atoms with Crippen LogP contribution in [0.5, 0.6) is 0 Å². The fourth-order valence-corrected chi connectivity index (χ4v) is 7.28. The predicted molar refractivity (Wildman–Crippen MR) is 112 cm³/mol. The highest BCUT2D eigenvalue weighted by atomic mass is 16.5. The molecule has 1 aliphatic heterocycles. The molecule has 2 saturated carbocycles. The van der Waals surface area contributed by atoms with Gasteiger partial charge in [0.05, 0.1) is 23.2 Å². The summed E-state index contributed by atoms with van der Waals surface area (Å²) in [5.74, 6) is 0.117. The average molecular weight is 401 g/mol. The van der Waals surface area contributed by atoms with E-state index < -0.39 is 11.5 Å². The zero-order chi connectivity index (χ0) is 21.2. The van der Waals surface area contributed by atoms with E-state index in [1.807, 2.05) is 6.08 Å². The van der Waals surface area contributed by atoms with Crippen LogP contribution >= 0.6 is 0 Å². The Morgan fingerprint density at radius 1 is 1.28 bits per heavy atom. The van der Waals surface area contributed by atoms with Crippen LogP contribution in [0.2, 0.25) is 0 Å². The van der Waals surface area contributed by atoms with Crippen molar-refractivity contribution in [3.63, 3.8) is 0 Å². The van der Waals surface area contributed by atoms with E-state index in [2.05, 4.69) is 33.8 Å². The van der Waals surface area contributed by atoms with Gasteiger partial charge in [-0.1, -0.05) is 31.6 Å². The van der Waals surface area contributed by atoms with Gasteiger partial charge < -0.3 is 9.84 Å². The SMILES string of the molecule is CC(C)=C[C@H]1C[C@H](C)[C@]2(CC[C@]3(C)C[C@@H]4[C@@H](C(=O)C[C@@]4(C)O)C(C=O)=CC[C@H]32)O1. The number of fused-ring (bicyclic) bond motifs is 3. The zero-order valence-electron chi connectivity index (χ0n) is 18.5. The molecule has 4 nitrogen and oxygen atoms in total. The molecule has 4 heteroatoms. The molecule has 0 bridgehead atoms. The molecule has 3 fully saturated rings. The molecule has 0 amide bonds. The minimum Gasteiger partial charge on any atom is -0.389 e. The van der Waals surface area contributed by atoms with Crippen LogP contribution in [0.3, 0.4) is 0 Å². The third-order valence-corrected chi connectivity index (χ3v) is 8.68. The number of ether oxygens (including phenoxy) is 1. The van der Waals surface area contributed by atoms with Crippen LogP contribution in [0.25, 0.3) is 0 Å². The van der Waals surface area contributed by atoms with Gasteiger partial charge in [-0.2, -0.15) is 0 Å². The average Bonchev–Trinajstić information content (AvgIpc) is 3.12. The first-order valence-corrected chi connectivity index (χ1v) is 11.3. The smallest absolute Gasteiger partial charge is 0.146 e. The van der Waals surface area contributed by atoms with E-state index in [-0.39, 0.29) is 35.2 Å². The summed E-state index contributed by atoms with van der Waals surface area (Å²) in [6.45, 7) is 10.7. The van der Waals surface area contributed by atoms with Gasteiger partial charge >= 0.3 is 0 Å². The number of hydrogen-bond donors (Lipinski definition) is 1. The first-order valence-electron chi connectivity index (χ1n) is 11.3. The molecule has 0 unspecified atom stereocenters. The molecule has 1 N–H and O–H groups in total. The summed E-state index contributed by atoms with van der Waals surface area (Å²) in [5, 5.41) is 11.1. The maximum atomic E-state index is 12.7. The van der Waals surface area contributed by atoms with Crippen LogP contribution in [0.15, 0.2) is 23.3 Å². The van der Waals surface area contributed by atoms with Crippen molar-refractivity contribution in [2.45, 2.75) is 90.4 Å². The molecule has 3 aliphatic carbocycles. The second-order valence-corrected chi connectivity index (χ2v) is 11.0. The van der Waals surface area contributed by atoms with Crippen molar-refractivity contribution in [1.82, 2.24) is 0 Å². The lowest BCUT2D eigenvalue weighted by Crippen LogP contribution is -2.46. The minimum atomic E-state index is -1.04. The Bertz CT molecular complexity index is 774. The van der Waals surface area contributed by atoms with Crippen molar-refractivity contribution in [2.24, 2.45) is 29.1 Å². The third kappa shape index (κ3) is 3.18. The number of carbonyl (C=O) groups is 2. The summed E-state index contributed by atoms with van der Waals surface area (Å²) in [5.41, 5.74) is 0.628. The predicted octanol–water partition coefficient (Wildman–Crippen LogP) is 4.41. The normalized spacial score (nSPS) is 49.2. The molecule has 1 spiro atoms. The number of ketones is 1. The van der Waals surface area contributed by atoms with Gasteiger partial charge in [0.25, 0.3) is 0 Å². The molecule has 4 rings (SSSR count). The van der Waals surface area contributed by atoms with Crippen molar-refractivity contribution < 1.29 is 19.4 Å². The Morgan fingerprint density at radius 3 is 2.66 bits per heavy atom. The van der Waals surface area contributed by atoms with Crippen molar-refractivity contribution in [3.8, 4) is 0 Å². The monoisotopic (exact) mass is 400 g/mol. The van der Waals surface area contributed by atoms with Crippen LogP contribution in [0.4, 0.5) is 0 Å². The first-order chi connectivity index (χ1) is 13.5. The van der Waals surface area contributed by atoms with Gasteiger partial charge in [0.1, 0.15) is 12.1 Å². The third-order valence-electron chi connectivity index (χ3n) is 8.68. The van der Waals surface area contributed by atoms with E-state index in [0.29, 0.717) is 17.4 Å². The van der Waals surface area contributed by atoms with E-state index in [1.54, 1.807) is 6.92 Å². The maximum Gasteiger partial charge on any atom is 0.146 e. The van der Waals surface area contributed by atoms with Crippen LogP contribution in [0, 0.1) is 29.1 Å². The number of aldehydes is 1. The molecule has 1 heterocycles. The van der Waals surface area contributed by atoms with Gasteiger partial charge in [-0.05, 0) is 75.7 Å². The van der Waals surface area contributed by atoms with Crippen LogP contribution in [-0.2, 0) is 14.3 Å². The van der Waals surface area contributed by atoms with Crippen molar-refractivity contribution in [1.29, 1.82) is 0 Å². The van der Waals surface area contributed by atoms with Crippen LogP contribution in [-0.4, -0.2) is 34.5 Å². The number of carbonyl (C=O) groups excluding carboxylic acids is 2. The molecule has 4 aliphatic rings. The van der Waals surface area contributed by atoms with Gasteiger partial charge in [0.2, 0.25) is 0 Å². The molecule has 8 atom stereocenters. The quantitative estimate of drug-likeness (QED) is 0.551. The van der Waals surface area contributed by atoms with Gasteiger partial charge in [-0.25, -0.2) is 0 Å². The summed E-state index contributed by atoms with van der Waals surface area (Å²) in [6.07, 6.45) is 10.0. The summed E-state index contributed by atoms with van der Waals surface area (Å²) < 4.78 is 6.79. The number of allylic oxidation sites excluding steroid dienone is 3. The first kappa shape index (κ1) is 21.0. The van der Waals surface area contributed by atoms with Crippen LogP contribution in [0.1, 0.15) is 73.1 Å². The highest BCUT2D eigenvalue weighted by Gasteiger charge is 2.63. The molecular weight excluding hydrogens is 364 g/mol. The number of aliphatic hydroxyl groups is 1. The second-order valence-electron chi connectivity index (χ2n) is 11.0. The van der Waals surface area contributed by atoms with Crippen molar-refractivity contribution in [2.75, 3.05) is 0 Å². The number of rotatable bonds is 2. The fraction of sp³-hybridized carbons (Fsp3) is 0.760. The Labute approximate surface area is 174 Å². The van der Waals surface area contributed by atoms with Gasteiger partial charge in [0, 0.05) is 12.3 Å². The Morgan fingerprint density at radius 2 is 2.00 bits per heavy atom. The van der Waals surface area contributed by atoms with Crippen molar-refractivity contribution >= 4 is 12.1 Å². The van der Waals surface area contributed by atoms with Crippen molar-refractivity contribution in [3.05, 3.63) is 23.3 Å². The molecular formula is C25H36O4. The molecule has 160 valence electrons. The Kier molecular flexibility index (Phi) is 4.98. The highest BCUT2D eigenvalue weighted by Crippen LogP contribution is 2.64. The van der Waals surface area contributed by atoms with Gasteiger partial charge in [0.15, 0.2) is 0 Å². The molecule has 0 aromatic heterocycles. The summed E-state index contributed by atoms with van der Waals surface area (Å²) in [7, 11) is 0. The fourth-order valence-electron chi connectivity index (χ4n) is 7.28. The number of Topliss-reactive ketones (excluding diaryl/α,β-unsaturated/α-hetero) is 1. The lowest BCUT2D eigenvalue weighted by molar-refractivity contribution is -0.122. The number of hydrogen-bond acceptors (Lipinski definition) is 4.